The third-order valence-corrected chi connectivity index (χ3v) is 3.82. The van der Waals surface area contributed by atoms with Crippen LogP contribution in [0.3, 0.4) is 0 Å². The van der Waals surface area contributed by atoms with Crippen LogP contribution in [-0.2, 0) is 6.54 Å². The Morgan fingerprint density at radius 3 is 2.59 bits per heavy atom. The van der Waals surface area contributed by atoms with Gasteiger partial charge < -0.3 is 4.57 Å². The standard InChI is InChI=1S/C16H23N/c1-5-8-12(2)11-17-14(4)13(3)15-9-6-7-10-16(15)17/h6-7,9-10,12H,5,8,11H2,1-4H3. The fraction of sp³-hybridized carbons (Fsp3) is 0.500. The number of rotatable bonds is 4. The average Bonchev–Trinajstić information content (AvgIpc) is 2.56. The number of para-hydroxylation sites is 1. The first-order valence-corrected chi connectivity index (χ1v) is 6.69. The number of aryl methyl sites for hydroxylation is 1. The Hall–Kier alpha value is -1.24. The van der Waals surface area contributed by atoms with Crippen molar-refractivity contribution >= 4 is 10.9 Å². The van der Waals surface area contributed by atoms with E-state index in [1.807, 2.05) is 0 Å². The number of fused-ring (bicyclic) bond motifs is 1. The predicted molar refractivity (Wildman–Crippen MR) is 75.5 cm³/mol. The maximum absolute atomic E-state index is 2.49. The van der Waals surface area contributed by atoms with Crippen molar-refractivity contribution < 1.29 is 0 Å². The van der Waals surface area contributed by atoms with E-state index in [4.69, 9.17) is 0 Å². The molecule has 0 radical (unpaired) electrons. The Bertz CT molecular complexity index is 507. The summed E-state index contributed by atoms with van der Waals surface area (Å²) in [5.41, 5.74) is 4.25. The predicted octanol–water partition coefficient (Wildman–Crippen LogP) is 4.69. The molecule has 0 fully saturated rings. The van der Waals surface area contributed by atoms with E-state index in [-0.39, 0.29) is 0 Å². The molecule has 0 N–H and O–H groups in total. The maximum Gasteiger partial charge on any atom is 0.0485 e. The maximum atomic E-state index is 2.49. The molecule has 0 saturated heterocycles. The van der Waals surface area contributed by atoms with Gasteiger partial charge in [0.1, 0.15) is 0 Å². The topological polar surface area (TPSA) is 4.93 Å². The van der Waals surface area contributed by atoms with Crippen LogP contribution in [0.5, 0.6) is 0 Å². The second-order valence-electron chi connectivity index (χ2n) is 5.23. The highest BCUT2D eigenvalue weighted by Crippen LogP contribution is 2.26. The lowest BCUT2D eigenvalue weighted by atomic mass is 10.1. The van der Waals surface area contributed by atoms with E-state index in [2.05, 4.69) is 56.5 Å². The van der Waals surface area contributed by atoms with Crippen molar-refractivity contribution in [1.82, 2.24) is 4.57 Å². The normalized spacial score (nSPS) is 13.2. The molecule has 1 heteroatoms. The quantitative estimate of drug-likeness (QED) is 0.716. The van der Waals surface area contributed by atoms with Gasteiger partial charge in [-0.15, -0.1) is 0 Å². The van der Waals surface area contributed by atoms with Crippen molar-refractivity contribution in [1.29, 1.82) is 0 Å². The van der Waals surface area contributed by atoms with Crippen LogP contribution in [0.2, 0.25) is 0 Å². The largest absolute Gasteiger partial charge is 0.344 e. The summed E-state index contributed by atoms with van der Waals surface area (Å²) in [6.45, 7) is 10.2. The van der Waals surface area contributed by atoms with E-state index in [0.717, 1.165) is 12.5 Å². The van der Waals surface area contributed by atoms with Crippen molar-refractivity contribution in [2.75, 3.05) is 0 Å². The second-order valence-corrected chi connectivity index (χ2v) is 5.23. The van der Waals surface area contributed by atoms with Crippen LogP contribution in [0.25, 0.3) is 10.9 Å². The number of aromatic nitrogens is 1. The molecule has 0 aliphatic rings. The van der Waals surface area contributed by atoms with Gasteiger partial charge in [-0.2, -0.15) is 0 Å². The molecule has 1 heterocycles. The van der Waals surface area contributed by atoms with Crippen molar-refractivity contribution in [3.8, 4) is 0 Å². The molecule has 2 rings (SSSR count). The van der Waals surface area contributed by atoms with E-state index in [1.165, 1.54) is 35.0 Å². The van der Waals surface area contributed by atoms with Crippen LogP contribution in [-0.4, -0.2) is 4.57 Å². The first-order valence-electron chi connectivity index (χ1n) is 6.69. The summed E-state index contributed by atoms with van der Waals surface area (Å²) in [6, 6.07) is 8.75. The molecule has 0 amide bonds. The lowest BCUT2D eigenvalue weighted by Crippen LogP contribution is -2.08. The second kappa shape index (κ2) is 4.95. The lowest BCUT2D eigenvalue weighted by molar-refractivity contribution is 0.448. The summed E-state index contributed by atoms with van der Waals surface area (Å²) in [5, 5.41) is 1.41. The molecule has 0 aliphatic carbocycles. The zero-order valence-corrected chi connectivity index (χ0v) is 11.5. The fourth-order valence-corrected chi connectivity index (χ4v) is 2.74. The van der Waals surface area contributed by atoms with Crippen LogP contribution in [0, 0.1) is 19.8 Å². The van der Waals surface area contributed by atoms with Gasteiger partial charge in [-0.25, -0.2) is 0 Å². The molecule has 1 unspecified atom stereocenters. The van der Waals surface area contributed by atoms with Gasteiger partial charge in [0.2, 0.25) is 0 Å². The molecule has 2 aromatic rings. The first kappa shape index (κ1) is 12.2. The number of hydrogen-bond donors (Lipinski definition) is 0. The molecular weight excluding hydrogens is 206 g/mol. The number of benzene rings is 1. The van der Waals surface area contributed by atoms with Gasteiger partial charge in [-0.05, 0) is 37.8 Å². The minimum atomic E-state index is 0.758. The van der Waals surface area contributed by atoms with Crippen LogP contribution in [0.1, 0.15) is 37.9 Å². The zero-order valence-electron chi connectivity index (χ0n) is 11.5. The van der Waals surface area contributed by atoms with Crippen molar-refractivity contribution in [2.24, 2.45) is 5.92 Å². The average molecular weight is 229 g/mol. The molecule has 0 spiro atoms. The van der Waals surface area contributed by atoms with E-state index >= 15 is 0 Å². The summed E-state index contributed by atoms with van der Waals surface area (Å²) in [6.07, 6.45) is 2.59. The summed E-state index contributed by atoms with van der Waals surface area (Å²) < 4.78 is 2.49. The lowest BCUT2D eigenvalue weighted by Gasteiger charge is -2.14. The van der Waals surface area contributed by atoms with Crippen molar-refractivity contribution in [3.05, 3.63) is 35.5 Å². The molecule has 1 nitrogen and oxygen atoms in total. The molecule has 1 aromatic heterocycles. The first-order chi connectivity index (χ1) is 8.15. The minimum absolute atomic E-state index is 0.758. The Labute approximate surface area is 104 Å². The molecular formula is C16H23N. The van der Waals surface area contributed by atoms with E-state index in [0.29, 0.717) is 0 Å². The Balaban J connectivity index is 2.42. The summed E-state index contributed by atoms with van der Waals surface area (Å²) in [7, 11) is 0. The van der Waals surface area contributed by atoms with E-state index < -0.39 is 0 Å². The summed E-state index contributed by atoms with van der Waals surface area (Å²) in [5.74, 6) is 0.758. The van der Waals surface area contributed by atoms with Gasteiger partial charge in [0.25, 0.3) is 0 Å². The molecule has 1 aromatic carbocycles. The van der Waals surface area contributed by atoms with Gasteiger partial charge >= 0.3 is 0 Å². The van der Waals surface area contributed by atoms with Crippen LogP contribution in [0.15, 0.2) is 24.3 Å². The van der Waals surface area contributed by atoms with E-state index in [1.54, 1.807) is 0 Å². The Morgan fingerprint density at radius 2 is 1.88 bits per heavy atom. The van der Waals surface area contributed by atoms with Crippen molar-refractivity contribution in [3.63, 3.8) is 0 Å². The van der Waals surface area contributed by atoms with Gasteiger partial charge in [0.05, 0.1) is 0 Å². The molecule has 92 valence electrons. The molecule has 0 saturated carbocycles. The summed E-state index contributed by atoms with van der Waals surface area (Å²) >= 11 is 0. The Kier molecular flexibility index (Phi) is 3.56. The smallest absolute Gasteiger partial charge is 0.0485 e. The number of hydrogen-bond acceptors (Lipinski definition) is 0. The van der Waals surface area contributed by atoms with Crippen LogP contribution >= 0.6 is 0 Å². The SMILES string of the molecule is CCCC(C)Cn1c(C)c(C)c2ccccc21. The Morgan fingerprint density at radius 1 is 1.18 bits per heavy atom. The molecule has 0 aliphatic heterocycles. The fourth-order valence-electron chi connectivity index (χ4n) is 2.74. The molecule has 17 heavy (non-hydrogen) atoms. The monoisotopic (exact) mass is 229 g/mol. The minimum Gasteiger partial charge on any atom is -0.344 e. The van der Waals surface area contributed by atoms with Gasteiger partial charge in [-0.3, -0.25) is 0 Å². The van der Waals surface area contributed by atoms with Crippen LogP contribution in [0.4, 0.5) is 0 Å². The van der Waals surface area contributed by atoms with Crippen molar-refractivity contribution in [2.45, 2.75) is 47.1 Å². The van der Waals surface area contributed by atoms with E-state index in [9.17, 15) is 0 Å². The highest BCUT2D eigenvalue weighted by molar-refractivity contribution is 5.85. The molecule has 1 atom stereocenters. The zero-order chi connectivity index (χ0) is 12.4. The highest BCUT2D eigenvalue weighted by Gasteiger charge is 2.12. The van der Waals surface area contributed by atoms with Gasteiger partial charge in [0.15, 0.2) is 0 Å². The van der Waals surface area contributed by atoms with Gasteiger partial charge in [-0.1, -0.05) is 38.5 Å². The van der Waals surface area contributed by atoms with Crippen LogP contribution < -0.4 is 0 Å². The molecule has 0 bridgehead atoms. The third kappa shape index (κ3) is 2.24. The summed E-state index contributed by atoms with van der Waals surface area (Å²) in [4.78, 5) is 0. The highest BCUT2D eigenvalue weighted by atomic mass is 15.0. The van der Waals surface area contributed by atoms with Gasteiger partial charge in [0, 0.05) is 23.1 Å². The number of nitrogens with zero attached hydrogens (tertiary/aromatic N) is 1. The third-order valence-electron chi connectivity index (χ3n) is 3.82.